The van der Waals surface area contributed by atoms with Gasteiger partial charge < -0.3 is 14.2 Å². The van der Waals surface area contributed by atoms with E-state index in [1.54, 1.807) is 35.5 Å². The summed E-state index contributed by atoms with van der Waals surface area (Å²) in [6.07, 6.45) is 4.28. The lowest BCUT2D eigenvalue weighted by atomic mass is 9.93. The van der Waals surface area contributed by atoms with Crippen molar-refractivity contribution in [1.82, 2.24) is 24.3 Å². The predicted molar refractivity (Wildman–Crippen MR) is 188 cm³/mol. The number of amides is 1. The van der Waals surface area contributed by atoms with Crippen LogP contribution in [-0.4, -0.2) is 68.6 Å². The monoisotopic (exact) mass is 688 g/mol. The first kappa shape index (κ1) is 33.2. The zero-order valence-corrected chi connectivity index (χ0v) is 28.5. The van der Waals surface area contributed by atoms with Crippen LogP contribution in [0.1, 0.15) is 57.1 Å². The molecule has 3 aromatic carbocycles. The van der Waals surface area contributed by atoms with Gasteiger partial charge in [0.15, 0.2) is 11.3 Å². The number of fused-ring (bicyclic) bond motifs is 4. The smallest absolute Gasteiger partial charge is 0.243 e. The summed E-state index contributed by atoms with van der Waals surface area (Å²) in [7, 11) is 2.06. The van der Waals surface area contributed by atoms with E-state index in [4.69, 9.17) is 31.6 Å². The van der Waals surface area contributed by atoms with Gasteiger partial charge in [0.2, 0.25) is 11.8 Å². The third-order valence-electron chi connectivity index (χ3n) is 10.3. The van der Waals surface area contributed by atoms with Crippen molar-refractivity contribution >= 4 is 50.2 Å². The van der Waals surface area contributed by atoms with Crippen LogP contribution in [0.2, 0.25) is 5.02 Å². The normalized spacial score (nSPS) is 20.1. The minimum Gasteiger partial charge on any atom is -0.471 e. The first-order chi connectivity index (χ1) is 24.2. The molecule has 50 heavy (non-hydrogen) atoms. The fourth-order valence-corrected chi connectivity index (χ4v) is 8.24. The van der Waals surface area contributed by atoms with Crippen LogP contribution in [0.5, 0.6) is 5.88 Å². The Bertz CT molecular complexity index is 2280. The first-order valence-corrected chi connectivity index (χ1v) is 17.1. The molecule has 2 aromatic heterocycles. The van der Waals surface area contributed by atoms with Crippen LogP contribution in [0, 0.1) is 39.8 Å². The van der Waals surface area contributed by atoms with Crippen LogP contribution in [0.15, 0.2) is 48.8 Å². The molecule has 4 heterocycles. The molecule has 2 aliphatic rings. The Hall–Kier alpha value is -5.28. The number of carbonyl (C=O) groups is 1. The molecule has 0 bridgehead atoms. The summed E-state index contributed by atoms with van der Waals surface area (Å²) in [5.41, 5.74) is 2.14. The third-order valence-corrected chi connectivity index (χ3v) is 10.6. The topological polar surface area (TPSA) is 135 Å². The largest absolute Gasteiger partial charge is 0.471 e. The molecule has 7 rings (SSSR count). The Morgan fingerprint density at radius 2 is 1.92 bits per heavy atom. The van der Waals surface area contributed by atoms with E-state index in [2.05, 4.69) is 24.1 Å². The molecule has 0 aliphatic carbocycles. The van der Waals surface area contributed by atoms with E-state index in [0.29, 0.717) is 52.3 Å². The number of hydrogen-bond acceptors (Lipinski definition) is 8. The van der Waals surface area contributed by atoms with Gasteiger partial charge in [-0.25, -0.2) is 14.4 Å². The van der Waals surface area contributed by atoms with Gasteiger partial charge in [0.05, 0.1) is 47.1 Å². The van der Waals surface area contributed by atoms with Gasteiger partial charge in [-0.3, -0.25) is 9.69 Å². The number of carbonyl (C=O) groups excluding carboxylic acids is 1. The highest BCUT2D eigenvalue weighted by Crippen LogP contribution is 2.44. The summed E-state index contributed by atoms with van der Waals surface area (Å²) in [6.45, 7) is 3.31. The summed E-state index contributed by atoms with van der Waals surface area (Å²) in [5.74, 6) is -0.735. The Morgan fingerprint density at radius 1 is 1.12 bits per heavy atom. The molecule has 5 aromatic rings. The van der Waals surface area contributed by atoms with Crippen molar-refractivity contribution < 1.29 is 13.9 Å². The average molecular weight is 689 g/mol. The van der Waals surface area contributed by atoms with Crippen molar-refractivity contribution in [2.45, 2.75) is 69.7 Å². The SMILES string of the molecule is C[C@H](Oc1nc2c(F)c(-c3cccc4cccc(C#N)c34)c(Cl)cc2c2c1ncn2[C@H]1CCN(C(=O)CC#N)[C@H](CC#N)C1)[C@@H]1CCCN1C. The van der Waals surface area contributed by atoms with Gasteiger partial charge in [-0.15, -0.1) is 0 Å². The molecule has 252 valence electrons. The maximum Gasteiger partial charge on any atom is 0.243 e. The number of halogens is 2. The fourth-order valence-electron chi connectivity index (χ4n) is 7.95. The molecule has 0 radical (unpaired) electrons. The highest BCUT2D eigenvalue weighted by atomic mass is 35.5. The number of aromatic nitrogens is 3. The van der Waals surface area contributed by atoms with Gasteiger partial charge in [-0.2, -0.15) is 15.8 Å². The van der Waals surface area contributed by atoms with E-state index in [9.17, 15) is 15.3 Å². The van der Waals surface area contributed by atoms with E-state index < -0.39 is 11.9 Å². The molecule has 2 fully saturated rings. The maximum absolute atomic E-state index is 17.2. The number of nitriles is 3. The standard InChI is InChI=1S/C38H34ClFN8O2/c1-22(30-10-5-16-46(30)2)50-38-36-37(48(21-44-36)26-13-17-47(31(49)12-15-42)25(18-26)11-14-41)28-19-29(39)33(34(40)35(28)45-38)27-9-4-7-23-6-3-8-24(20-43)32(23)27/h3-4,6-9,19,21-22,25-26,30H,5,10-13,16-18H2,1-2H3/t22-,25+,26-,30-/m0/s1. The van der Waals surface area contributed by atoms with Crippen LogP contribution in [-0.2, 0) is 4.79 Å². The molecule has 0 unspecified atom stereocenters. The van der Waals surface area contributed by atoms with Crippen LogP contribution in [0.25, 0.3) is 43.8 Å². The molecule has 12 heteroatoms. The van der Waals surface area contributed by atoms with Crippen molar-refractivity contribution in [3.05, 3.63) is 65.2 Å². The van der Waals surface area contributed by atoms with Gasteiger partial charge in [0.25, 0.3) is 0 Å². The fraction of sp³-hybridized carbons (Fsp3) is 0.368. The Kier molecular flexibility index (Phi) is 9.01. The second-order valence-corrected chi connectivity index (χ2v) is 13.6. The molecule has 0 N–H and O–H groups in total. The minimum atomic E-state index is -0.642. The Balaban J connectivity index is 1.42. The molecule has 4 atom stereocenters. The lowest BCUT2D eigenvalue weighted by Gasteiger charge is -2.39. The Labute approximate surface area is 293 Å². The predicted octanol–water partition coefficient (Wildman–Crippen LogP) is 7.29. The second kappa shape index (κ2) is 13.6. The molecule has 10 nitrogen and oxygen atoms in total. The minimum absolute atomic E-state index is 0.0577. The van der Waals surface area contributed by atoms with E-state index in [1.165, 1.54) is 0 Å². The number of nitrogens with zero attached hydrogens (tertiary/aromatic N) is 8. The van der Waals surface area contributed by atoms with Gasteiger partial charge in [0, 0.05) is 41.0 Å². The molecule has 2 aliphatic heterocycles. The van der Waals surface area contributed by atoms with Gasteiger partial charge >= 0.3 is 0 Å². The summed E-state index contributed by atoms with van der Waals surface area (Å²) in [5, 5.41) is 30.7. The number of pyridine rings is 1. The molecule has 0 saturated carbocycles. The number of rotatable bonds is 7. The first-order valence-electron chi connectivity index (χ1n) is 16.8. The summed E-state index contributed by atoms with van der Waals surface area (Å²) < 4.78 is 25.7. The van der Waals surface area contributed by atoms with Crippen molar-refractivity contribution in [3.8, 4) is 35.2 Å². The zero-order valence-electron chi connectivity index (χ0n) is 27.7. The zero-order chi connectivity index (χ0) is 35.1. The number of likely N-dealkylation sites (N-methyl/N-ethyl adjacent to an activating group) is 1. The lowest BCUT2D eigenvalue weighted by molar-refractivity contribution is -0.134. The van der Waals surface area contributed by atoms with E-state index in [-0.39, 0.29) is 58.9 Å². The summed E-state index contributed by atoms with van der Waals surface area (Å²) in [4.78, 5) is 26.2. The number of benzene rings is 3. The van der Waals surface area contributed by atoms with E-state index in [0.717, 1.165) is 24.8 Å². The van der Waals surface area contributed by atoms with Gasteiger partial charge in [0.1, 0.15) is 18.0 Å². The maximum atomic E-state index is 17.2. The van der Waals surface area contributed by atoms with E-state index >= 15 is 4.39 Å². The van der Waals surface area contributed by atoms with Gasteiger partial charge in [-0.05, 0) is 69.3 Å². The third kappa shape index (κ3) is 5.65. The highest BCUT2D eigenvalue weighted by Gasteiger charge is 2.35. The summed E-state index contributed by atoms with van der Waals surface area (Å²) >= 11 is 7.00. The quantitative estimate of drug-likeness (QED) is 0.174. The molecular weight excluding hydrogens is 655 g/mol. The number of imidazole rings is 1. The second-order valence-electron chi connectivity index (χ2n) is 13.2. The summed E-state index contributed by atoms with van der Waals surface area (Å²) in [6, 6.07) is 18.4. The van der Waals surface area contributed by atoms with Crippen LogP contribution in [0.4, 0.5) is 4.39 Å². The molecule has 2 saturated heterocycles. The van der Waals surface area contributed by atoms with Crippen molar-refractivity contribution in [2.75, 3.05) is 20.1 Å². The number of ether oxygens (including phenoxy) is 1. The van der Waals surface area contributed by atoms with Crippen molar-refractivity contribution in [1.29, 1.82) is 15.8 Å². The number of likely N-dealkylation sites (tertiary alicyclic amines) is 2. The Morgan fingerprint density at radius 3 is 2.64 bits per heavy atom. The molecular formula is C38H34ClFN8O2. The molecule has 1 amide bonds. The van der Waals surface area contributed by atoms with Crippen LogP contribution >= 0.6 is 11.6 Å². The highest BCUT2D eigenvalue weighted by molar-refractivity contribution is 6.35. The van der Waals surface area contributed by atoms with Crippen LogP contribution in [0.3, 0.4) is 0 Å². The van der Waals surface area contributed by atoms with Crippen LogP contribution < -0.4 is 4.74 Å². The number of hydrogen-bond donors (Lipinski definition) is 0. The van der Waals surface area contributed by atoms with Crippen molar-refractivity contribution in [2.24, 2.45) is 0 Å². The number of piperidine rings is 1. The van der Waals surface area contributed by atoms with E-state index in [1.807, 2.05) is 35.8 Å². The van der Waals surface area contributed by atoms with Gasteiger partial charge in [-0.1, -0.05) is 41.9 Å². The lowest BCUT2D eigenvalue weighted by Crippen LogP contribution is -2.46. The average Bonchev–Trinajstić information content (AvgIpc) is 3.76. The van der Waals surface area contributed by atoms with Crippen molar-refractivity contribution in [3.63, 3.8) is 0 Å². The molecule has 0 spiro atoms.